The Balaban J connectivity index is 2.22. The lowest BCUT2D eigenvalue weighted by Crippen LogP contribution is -2.53. The first kappa shape index (κ1) is 10.5. The zero-order chi connectivity index (χ0) is 11.0. The molecule has 0 aromatic heterocycles. The highest BCUT2D eigenvalue weighted by Gasteiger charge is 2.30. The number of benzene rings is 1. The Bertz CT molecular complexity index is 400. The number of amides is 1. The molecule has 0 saturated carbocycles. The summed E-state index contributed by atoms with van der Waals surface area (Å²) in [4.78, 5) is 13.5. The van der Waals surface area contributed by atoms with Gasteiger partial charge in [0, 0.05) is 13.1 Å². The standard InChI is InChI=1S/C11H12ClNO2/c1-7-3-2-4-9(10(7)12)11(15)13-5-8(14)6-13/h2-4,8,14H,5-6H2,1H3. The molecule has 3 nitrogen and oxygen atoms in total. The van der Waals surface area contributed by atoms with E-state index in [9.17, 15) is 4.79 Å². The molecule has 15 heavy (non-hydrogen) atoms. The molecule has 4 heteroatoms. The number of carbonyl (C=O) groups is 1. The number of likely N-dealkylation sites (tertiary alicyclic amines) is 1. The van der Waals surface area contributed by atoms with Crippen LogP contribution in [-0.4, -0.2) is 35.1 Å². The van der Waals surface area contributed by atoms with Crippen molar-refractivity contribution in [2.45, 2.75) is 13.0 Å². The van der Waals surface area contributed by atoms with E-state index >= 15 is 0 Å². The highest BCUT2D eigenvalue weighted by atomic mass is 35.5. The van der Waals surface area contributed by atoms with Crippen LogP contribution >= 0.6 is 11.6 Å². The first-order valence-electron chi connectivity index (χ1n) is 4.82. The maximum absolute atomic E-state index is 11.9. The fourth-order valence-electron chi connectivity index (χ4n) is 1.60. The lowest BCUT2D eigenvalue weighted by molar-refractivity contribution is 0.00590. The minimum atomic E-state index is -0.377. The molecule has 0 radical (unpaired) electrons. The Labute approximate surface area is 93.3 Å². The van der Waals surface area contributed by atoms with Gasteiger partial charge in [0.05, 0.1) is 16.7 Å². The summed E-state index contributed by atoms with van der Waals surface area (Å²) in [6, 6.07) is 5.39. The van der Waals surface area contributed by atoms with Gasteiger partial charge >= 0.3 is 0 Å². The van der Waals surface area contributed by atoms with Crippen molar-refractivity contribution in [1.82, 2.24) is 4.90 Å². The number of β-amino-alcohol motifs (C(OH)–C–C–N with tert-alkyl or cyclic N) is 1. The van der Waals surface area contributed by atoms with Gasteiger partial charge in [0.25, 0.3) is 5.91 Å². The van der Waals surface area contributed by atoms with E-state index in [-0.39, 0.29) is 12.0 Å². The van der Waals surface area contributed by atoms with Crippen molar-refractivity contribution < 1.29 is 9.90 Å². The fourth-order valence-corrected chi connectivity index (χ4v) is 1.81. The minimum Gasteiger partial charge on any atom is -0.389 e. The van der Waals surface area contributed by atoms with Crippen LogP contribution in [0.1, 0.15) is 15.9 Å². The van der Waals surface area contributed by atoms with Crippen molar-refractivity contribution in [3.63, 3.8) is 0 Å². The summed E-state index contributed by atoms with van der Waals surface area (Å²) in [5.74, 6) is -0.103. The van der Waals surface area contributed by atoms with Crippen LogP contribution in [0.25, 0.3) is 0 Å². The molecule has 0 atom stereocenters. The normalized spacial score (nSPS) is 16.3. The number of aryl methyl sites for hydroxylation is 1. The second kappa shape index (κ2) is 3.83. The largest absolute Gasteiger partial charge is 0.389 e. The van der Waals surface area contributed by atoms with Crippen LogP contribution in [0.4, 0.5) is 0 Å². The molecule has 1 aliphatic rings. The molecule has 1 aromatic carbocycles. The molecule has 0 bridgehead atoms. The molecule has 1 saturated heterocycles. The summed E-state index contributed by atoms with van der Waals surface area (Å²) in [6.45, 7) is 2.68. The molecule has 1 N–H and O–H groups in total. The van der Waals surface area contributed by atoms with Gasteiger partial charge in [-0.15, -0.1) is 0 Å². The number of hydrogen-bond acceptors (Lipinski definition) is 2. The van der Waals surface area contributed by atoms with E-state index in [1.54, 1.807) is 11.0 Å². The van der Waals surface area contributed by atoms with Crippen molar-refractivity contribution in [2.75, 3.05) is 13.1 Å². The van der Waals surface area contributed by atoms with Crippen LogP contribution in [-0.2, 0) is 0 Å². The third kappa shape index (κ3) is 1.85. The Morgan fingerprint density at radius 2 is 2.20 bits per heavy atom. The highest BCUT2D eigenvalue weighted by Crippen LogP contribution is 2.23. The van der Waals surface area contributed by atoms with Crippen LogP contribution in [0.2, 0.25) is 5.02 Å². The van der Waals surface area contributed by atoms with Crippen LogP contribution in [0.5, 0.6) is 0 Å². The zero-order valence-electron chi connectivity index (χ0n) is 8.40. The van der Waals surface area contributed by atoms with Gasteiger partial charge in [-0.05, 0) is 18.6 Å². The molecular weight excluding hydrogens is 214 g/mol. The fraction of sp³-hybridized carbons (Fsp3) is 0.364. The minimum absolute atomic E-state index is 0.103. The van der Waals surface area contributed by atoms with Gasteiger partial charge < -0.3 is 10.0 Å². The third-order valence-electron chi connectivity index (χ3n) is 2.57. The molecule has 0 aliphatic carbocycles. The molecule has 1 aromatic rings. The van der Waals surface area contributed by atoms with E-state index in [0.717, 1.165) is 5.56 Å². The molecule has 0 spiro atoms. The summed E-state index contributed by atoms with van der Waals surface area (Å²) in [6.07, 6.45) is -0.377. The number of carbonyl (C=O) groups excluding carboxylic acids is 1. The molecule has 1 aliphatic heterocycles. The van der Waals surface area contributed by atoms with Gasteiger partial charge in [0.2, 0.25) is 0 Å². The predicted molar refractivity (Wildman–Crippen MR) is 58.1 cm³/mol. The molecule has 2 rings (SSSR count). The first-order valence-corrected chi connectivity index (χ1v) is 5.20. The Morgan fingerprint density at radius 1 is 1.53 bits per heavy atom. The zero-order valence-corrected chi connectivity index (χ0v) is 9.16. The summed E-state index contributed by atoms with van der Waals surface area (Å²) in [7, 11) is 0. The summed E-state index contributed by atoms with van der Waals surface area (Å²) >= 11 is 6.04. The second-order valence-electron chi connectivity index (χ2n) is 3.80. The topological polar surface area (TPSA) is 40.5 Å². The average Bonchev–Trinajstić information content (AvgIpc) is 2.16. The van der Waals surface area contributed by atoms with E-state index < -0.39 is 0 Å². The van der Waals surface area contributed by atoms with Gasteiger partial charge in [-0.25, -0.2) is 0 Å². The van der Waals surface area contributed by atoms with Gasteiger partial charge in [-0.2, -0.15) is 0 Å². The summed E-state index contributed by atoms with van der Waals surface area (Å²) < 4.78 is 0. The molecule has 1 amide bonds. The predicted octanol–water partition coefficient (Wildman–Crippen LogP) is 1.47. The summed E-state index contributed by atoms with van der Waals surface area (Å²) in [5, 5.41) is 9.61. The monoisotopic (exact) mass is 225 g/mol. The van der Waals surface area contributed by atoms with Crippen LogP contribution in [0.15, 0.2) is 18.2 Å². The van der Waals surface area contributed by atoms with Crippen molar-refractivity contribution in [3.8, 4) is 0 Å². The van der Waals surface area contributed by atoms with Gasteiger partial charge in [-0.1, -0.05) is 23.7 Å². The lowest BCUT2D eigenvalue weighted by Gasteiger charge is -2.36. The number of aliphatic hydroxyl groups is 1. The van der Waals surface area contributed by atoms with Crippen molar-refractivity contribution in [3.05, 3.63) is 34.3 Å². The molecule has 0 unspecified atom stereocenters. The smallest absolute Gasteiger partial charge is 0.255 e. The molecule has 80 valence electrons. The molecular formula is C11H12ClNO2. The van der Waals surface area contributed by atoms with Crippen LogP contribution in [0.3, 0.4) is 0 Å². The number of aliphatic hydroxyl groups excluding tert-OH is 1. The number of rotatable bonds is 1. The van der Waals surface area contributed by atoms with Gasteiger partial charge in [0.1, 0.15) is 0 Å². The van der Waals surface area contributed by atoms with E-state index in [4.69, 9.17) is 16.7 Å². The quantitative estimate of drug-likeness (QED) is 0.786. The van der Waals surface area contributed by atoms with Gasteiger partial charge in [-0.3, -0.25) is 4.79 Å². The van der Waals surface area contributed by atoms with E-state index in [2.05, 4.69) is 0 Å². The number of hydrogen-bond donors (Lipinski definition) is 1. The van der Waals surface area contributed by atoms with Gasteiger partial charge in [0.15, 0.2) is 0 Å². The van der Waals surface area contributed by atoms with Crippen LogP contribution < -0.4 is 0 Å². The second-order valence-corrected chi connectivity index (χ2v) is 4.18. The molecule has 1 heterocycles. The SMILES string of the molecule is Cc1cccc(C(=O)N2CC(O)C2)c1Cl. The third-order valence-corrected chi connectivity index (χ3v) is 3.07. The van der Waals surface area contributed by atoms with E-state index in [1.165, 1.54) is 0 Å². The maximum atomic E-state index is 11.9. The Hall–Kier alpha value is -1.06. The number of nitrogens with zero attached hydrogens (tertiary/aromatic N) is 1. The van der Waals surface area contributed by atoms with Crippen molar-refractivity contribution >= 4 is 17.5 Å². The van der Waals surface area contributed by atoms with Crippen molar-refractivity contribution in [1.29, 1.82) is 0 Å². The van der Waals surface area contributed by atoms with Crippen molar-refractivity contribution in [2.24, 2.45) is 0 Å². The maximum Gasteiger partial charge on any atom is 0.255 e. The summed E-state index contributed by atoms with van der Waals surface area (Å²) in [5.41, 5.74) is 1.41. The Morgan fingerprint density at radius 3 is 2.80 bits per heavy atom. The van der Waals surface area contributed by atoms with E-state index in [1.807, 2.05) is 19.1 Å². The first-order chi connectivity index (χ1) is 7.09. The Kier molecular flexibility index (Phi) is 2.67. The molecule has 1 fully saturated rings. The number of halogens is 1. The average molecular weight is 226 g/mol. The van der Waals surface area contributed by atoms with E-state index in [0.29, 0.717) is 23.7 Å². The highest BCUT2D eigenvalue weighted by molar-refractivity contribution is 6.34. The lowest BCUT2D eigenvalue weighted by atomic mass is 10.1. The van der Waals surface area contributed by atoms with Crippen LogP contribution in [0, 0.1) is 6.92 Å².